The second kappa shape index (κ2) is 10.2. The van der Waals surface area contributed by atoms with Crippen LogP contribution in [0, 0.1) is 13.8 Å². The summed E-state index contributed by atoms with van der Waals surface area (Å²) in [6.07, 6.45) is 2.12. The van der Waals surface area contributed by atoms with Gasteiger partial charge in [0.1, 0.15) is 5.25 Å². The van der Waals surface area contributed by atoms with E-state index in [1.807, 2.05) is 19.9 Å². The number of rotatable bonds is 9. The summed E-state index contributed by atoms with van der Waals surface area (Å²) in [6, 6.07) is 8.93. The van der Waals surface area contributed by atoms with Crippen molar-refractivity contribution in [2.45, 2.75) is 50.6 Å². The largest absolute Gasteiger partial charge is 0.468 e. The lowest BCUT2D eigenvalue weighted by atomic mass is 10.2. The molecule has 27 heavy (non-hydrogen) atoms. The zero-order valence-corrected chi connectivity index (χ0v) is 17.1. The Bertz CT molecular complexity index is 774. The minimum atomic E-state index is -0.566. The third-order valence-electron chi connectivity index (χ3n) is 4.35. The number of amides is 1. The molecule has 0 saturated heterocycles. The summed E-state index contributed by atoms with van der Waals surface area (Å²) in [4.78, 5) is 29.1. The number of aromatic nitrogens is 2. The molecule has 0 bridgehead atoms. The van der Waals surface area contributed by atoms with E-state index in [1.54, 1.807) is 24.3 Å². The van der Waals surface area contributed by atoms with Crippen LogP contribution >= 0.6 is 11.8 Å². The molecule has 0 spiro atoms. The molecule has 1 aromatic carbocycles. The van der Waals surface area contributed by atoms with Crippen molar-refractivity contribution in [1.29, 1.82) is 0 Å². The number of carbonyl (C=O) groups excluding carboxylic acids is 2. The number of methoxy groups -OCH3 is 1. The molecule has 0 saturated carbocycles. The predicted molar refractivity (Wildman–Crippen MR) is 107 cm³/mol. The van der Waals surface area contributed by atoms with Crippen molar-refractivity contribution in [3.63, 3.8) is 0 Å². The van der Waals surface area contributed by atoms with Crippen molar-refractivity contribution >= 4 is 23.6 Å². The number of thioether (sulfide) groups is 1. The van der Waals surface area contributed by atoms with E-state index >= 15 is 0 Å². The Balaban J connectivity index is 2.12. The van der Waals surface area contributed by atoms with Crippen LogP contribution in [-0.4, -0.2) is 40.3 Å². The smallest absolute Gasteiger partial charge is 0.321 e. The molecule has 7 heteroatoms. The Morgan fingerprint density at radius 2 is 1.96 bits per heavy atom. The maximum Gasteiger partial charge on any atom is 0.321 e. The van der Waals surface area contributed by atoms with E-state index in [4.69, 9.17) is 4.74 Å². The fraction of sp³-hybridized carbons (Fsp3) is 0.450. The van der Waals surface area contributed by atoms with Gasteiger partial charge in [-0.1, -0.05) is 43.3 Å². The van der Waals surface area contributed by atoms with Gasteiger partial charge in [-0.15, -0.1) is 0 Å². The zero-order valence-electron chi connectivity index (χ0n) is 16.3. The number of nitrogens with one attached hydrogen (secondary N) is 1. The second-order valence-corrected chi connectivity index (χ2v) is 7.45. The number of aryl methyl sites for hydroxylation is 1. The van der Waals surface area contributed by atoms with E-state index in [-0.39, 0.29) is 18.4 Å². The third kappa shape index (κ3) is 5.60. The highest BCUT2D eigenvalue weighted by Crippen LogP contribution is 2.26. The van der Waals surface area contributed by atoms with E-state index < -0.39 is 5.25 Å². The van der Waals surface area contributed by atoms with E-state index in [1.165, 1.54) is 18.9 Å². The standard InChI is InChI=1S/C20H27N3O3S/c1-5-6-12-23-15(3)14(2)22-20(23)27-17(19(25)26-4)13-21-18(24)16-10-8-7-9-11-16/h7-11,17H,5-6,12-13H2,1-4H3,(H,21,24)/t17-/m1/s1. The van der Waals surface area contributed by atoms with Crippen molar-refractivity contribution in [3.05, 3.63) is 47.3 Å². The molecule has 0 aliphatic rings. The van der Waals surface area contributed by atoms with Crippen molar-refractivity contribution in [2.24, 2.45) is 0 Å². The lowest BCUT2D eigenvalue weighted by Gasteiger charge is -2.16. The van der Waals surface area contributed by atoms with Crippen LogP contribution in [0.3, 0.4) is 0 Å². The highest BCUT2D eigenvalue weighted by Gasteiger charge is 2.25. The maximum absolute atomic E-state index is 12.3. The molecule has 0 unspecified atom stereocenters. The topological polar surface area (TPSA) is 73.2 Å². The number of benzene rings is 1. The number of esters is 1. The van der Waals surface area contributed by atoms with Crippen LogP contribution in [0.2, 0.25) is 0 Å². The average molecular weight is 390 g/mol. The van der Waals surface area contributed by atoms with Crippen molar-refractivity contribution in [2.75, 3.05) is 13.7 Å². The van der Waals surface area contributed by atoms with Gasteiger partial charge in [0.2, 0.25) is 0 Å². The summed E-state index contributed by atoms with van der Waals surface area (Å²) in [5.74, 6) is -0.597. The van der Waals surface area contributed by atoms with Gasteiger partial charge < -0.3 is 14.6 Å². The summed E-state index contributed by atoms with van der Waals surface area (Å²) >= 11 is 1.33. The first-order valence-corrected chi connectivity index (χ1v) is 9.97. The van der Waals surface area contributed by atoms with E-state index in [2.05, 4.69) is 21.8 Å². The van der Waals surface area contributed by atoms with Gasteiger partial charge in [0, 0.05) is 24.3 Å². The Kier molecular flexibility index (Phi) is 7.91. The molecule has 146 valence electrons. The lowest BCUT2D eigenvalue weighted by Crippen LogP contribution is -2.35. The number of hydrogen-bond donors (Lipinski definition) is 1. The Hall–Kier alpha value is -2.28. The molecule has 2 aromatic rings. The Labute approximate surface area is 164 Å². The van der Waals surface area contributed by atoms with Gasteiger partial charge in [0.15, 0.2) is 5.16 Å². The van der Waals surface area contributed by atoms with Crippen molar-refractivity contribution in [3.8, 4) is 0 Å². The van der Waals surface area contributed by atoms with Gasteiger partial charge in [-0.3, -0.25) is 9.59 Å². The first-order valence-electron chi connectivity index (χ1n) is 9.09. The van der Waals surface area contributed by atoms with Gasteiger partial charge in [-0.05, 0) is 32.4 Å². The number of nitrogens with zero attached hydrogens (tertiary/aromatic N) is 2. The fourth-order valence-corrected chi connectivity index (χ4v) is 3.76. The number of carbonyl (C=O) groups is 2. The van der Waals surface area contributed by atoms with Crippen LogP contribution in [0.1, 0.15) is 41.5 Å². The second-order valence-electron chi connectivity index (χ2n) is 6.28. The predicted octanol–water partition coefficient (Wildman–Crippen LogP) is 3.36. The van der Waals surface area contributed by atoms with E-state index in [9.17, 15) is 9.59 Å². The molecule has 0 aliphatic carbocycles. The van der Waals surface area contributed by atoms with Gasteiger partial charge in [0.05, 0.1) is 12.8 Å². The normalized spacial score (nSPS) is 11.9. The van der Waals surface area contributed by atoms with E-state index in [0.717, 1.165) is 35.9 Å². The highest BCUT2D eigenvalue weighted by molar-refractivity contribution is 8.00. The molecule has 6 nitrogen and oxygen atoms in total. The average Bonchev–Trinajstić information content (AvgIpc) is 2.96. The molecule has 0 aliphatic heterocycles. The van der Waals surface area contributed by atoms with Crippen molar-refractivity contribution < 1.29 is 14.3 Å². The lowest BCUT2D eigenvalue weighted by molar-refractivity contribution is -0.139. The molecule has 1 atom stereocenters. The summed E-state index contributed by atoms with van der Waals surface area (Å²) in [5.41, 5.74) is 2.61. The molecule has 2 rings (SSSR count). The molecule has 1 amide bonds. The summed E-state index contributed by atoms with van der Waals surface area (Å²) in [6.45, 7) is 7.17. The van der Waals surface area contributed by atoms with Gasteiger partial charge in [-0.25, -0.2) is 4.98 Å². The first kappa shape index (κ1) is 21.0. The van der Waals surface area contributed by atoms with Crippen LogP contribution in [0.15, 0.2) is 35.5 Å². The molecule has 0 fully saturated rings. The molecule has 0 radical (unpaired) electrons. The highest BCUT2D eigenvalue weighted by atomic mass is 32.2. The summed E-state index contributed by atoms with van der Waals surface area (Å²) < 4.78 is 7.07. The molecular formula is C20H27N3O3S. The SMILES string of the molecule is CCCCn1c(S[C@H](CNC(=O)c2ccccc2)C(=O)OC)nc(C)c1C. The summed E-state index contributed by atoms with van der Waals surface area (Å²) in [7, 11) is 1.36. The van der Waals surface area contributed by atoms with Gasteiger partial charge >= 0.3 is 5.97 Å². The number of unbranched alkanes of at least 4 members (excludes halogenated alkanes) is 1. The Morgan fingerprint density at radius 3 is 2.59 bits per heavy atom. The van der Waals surface area contributed by atoms with Crippen LogP contribution in [0.4, 0.5) is 0 Å². The number of ether oxygens (including phenoxy) is 1. The van der Waals surface area contributed by atoms with E-state index in [0.29, 0.717) is 5.56 Å². The van der Waals surface area contributed by atoms with Crippen LogP contribution in [-0.2, 0) is 16.1 Å². The molecule has 1 heterocycles. The van der Waals surface area contributed by atoms with Crippen molar-refractivity contribution in [1.82, 2.24) is 14.9 Å². The fourth-order valence-electron chi connectivity index (χ4n) is 2.60. The van der Waals surface area contributed by atoms with Crippen LogP contribution < -0.4 is 5.32 Å². The number of imidazole rings is 1. The maximum atomic E-state index is 12.3. The first-order chi connectivity index (χ1) is 13.0. The summed E-state index contributed by atoms with van der Waals surface area (Å²) in [5, 5.41) is 3.04. The molecular weight excluding hydrogens is 362 g/mol. The quantitative estimate of drug-likeness (QED) is 0.526. The minimum Gasteiger partial charge on any atom is -0.468 e. The number of hydrogen-bond acceptors (Lipinski definition) is 5. The monoisotopic (exact) mass is 389 g/mol. The van der Waals surface area contributed by atoms with Gasteiger partial charge in [-0.2, -0.15) is 0 Å². The minimum absolute atomic E-state index is 0.170. The Morgan fingerprint density at radius 1 is 1.26 bits per heavy atom. The van der Waals surface area contributed by atoms with Crippen LogP contribution in [0.25, 0.3) is 0 Å². The van der Waals surface area contributed by atoms with Crippen LogP contribution in [0.5, 0.6) is 0 Å². The third-order valence-corrected chi connectivity index (χ3v) is 5.52. The molecule has 1 aromatic heterocycles. The van der Waals surface area contributed by atoms with Gasteiger partial charge in [0.25, 0.3) is 5.91 Å². The zero-order chi connectivity index (χ0) is 19.8. The molecule has 1 N–H and O–H groups in total.